The molecular weight excluding hydrogens is 374 g/mol. The van der Waals surface area contributed by atoms with Crippen LogP contribution in [0, 0.1) is 6.92 Å². The normalized spacial score (nSPS) is 11.6. The highest BCUT2D eigenvalue weighted by Gasteiger charge is 2.17. The lowest BCUT2D eigenvalue weighted by atomic mass is 10.00. The molecule has 3 heterocycles. The predicted octanol–water partition coefficient (Wildman–Crippen LogP) is 3.46. The fourth-order valence-electron chi connectivity index (χ4n) is 3.30. The molecule has 4 aromatic rings. The molecular formula is C20H22ClN7. The van der Waals surface area contributed by atoms with Crippen molar-refractivity contribution in [3.63, 3.8) is 0 Å². The van der Waals surface area contributed by atoms with Crippen LogP contribution in [-0.4, -0.2) is 51.4 Å². The van der Waals surface area contributed by atoms with Crippen LogP contribution in [0.15, 0.2) is 36.8 Å². The van der Waals surface area contributed by atoms with E-state index >= 15 is 0 Å². The third-order valence-electron chi connectivity index (χ3n) is 4.69. The van der Waals surface area contributed by atoms with Gasteiger partial charge in [-0.1, -0.05) is 23.7 Å². The summed E-state index contributed by atoms with van der Waals surface area (Å²) in [6.07, 6.45) is 3.39. The van der Waals surface area contributed by atoms with Gasteiger partial charge in [-0.05, 0) is 38.7 Å². The van der Waals surface area contributed by atoms with Gasteiger partial charge in [-0.2, -0.15) is 0 Å². The molecule has 0 fully saturated rings. The molecule has 0 aliphatic carbocycles. The number of nitrogens with one attached hydrogen (secondary N) is 1. The zero-order valence-electron chi connectivity index (χ0n) is 16.1. The number of aromatic nitrogens is 4. The van der Waals surface area contributed by atoms with E-state index in [1.807, 2.05) is 49.7 Å². The van der Waals surface area contributed by atoms with Crippen LogP contribution in [0.3, 0.4) is 0 Å². The second-order valence-electron chi connectivity index (χ2n) is 7.03. The summed E-state index contributed by atoms with van der Waals surface area (Å²) in [7, 11) is 4.07. The topological polar surface area (TPSA) is 84.4 Å². The Morgan fingerprint density at radius 1 is 1.25 bits per heavy atom. The Morgan fingerprint density at radius 2 is 2.07 bits per heavy atom. The van der Waals surface area contributed by atoms with Gasteiger partial charge < -0.3 is 16.0 Å². The lowest BCUT2D eigenvalue weighted by molar-refractivity contribution is 0.425. The third kappa shape index (κ3) is 3.23. The first-order valence-electron chi connectivity index (χ1n) is 9.02. The van der Waals surface area contributed by atoms with E-state index < -0.39 is 0 Å². The molecule has 0 radical (unpaired) electrons. The van der Waals surface area contributed by atoms with Crippen molar-refractivity contribution < 1.29 is 0 Å². The number of pyridine rings is 1. The van der Waals surface area contributed by atoms with E-state index in [0.717, 1.165) is 41.1 Å². The molecule has 3 N–H and O–H groups in total. The molecule has 0 saturated heterocycles. The van der Waals surface area contributed by atoms with Crippen molar-refractivity contribution in [1.82, 2.24) is 24.3 Å². The molecule has 0 aliphatic heterocycles. The Bertz CT molecular complexity index is 1150. The molecule has 8 heteroatoms. The van der Waals surface area contributed by atoms with Crippen LogP contribution in [0.1, 0.15) is 5.56 Å². The van der Waals surface area contributed by atoms with Crippen molar-refractivity contribution in [2.75, 3.05) is 38.2 Å². The molecule has 0 bridgehead atoms. The van der Waals surface area contributed by atoms with Gasteiger partial charge in [0.25, 0.3) is 0 Å². The zero-order valence-corrected chi connectivity index (χ0v) is 16.8. The number of hydrogen-bond donors (Lipinski definition) is 2. The second-order valence-corrected chi connectivity index (χ2v) is 7.44. The minimum atomic E-state index is 0.408. The van der Waals surface area contributed by atoms with Crippen LogP contribution in [0.4, 0.5) is 11.6 Å². The maximum Gasteiger partial charge on any atom is 0.167 e. The lowest BCUT2D eigenvalue weighted by Crippen LogP contribution is -2.21. The number of nitrogens with zero attached hydrogens (tertiary/aromatic N) is 5. The van der Waals surface area contributed by atoms with E-state index in [9.17, 15) is 0 Å². The predicted molar refractivity (Wildman–Crippen MR) is 115 cm³/mol. The summed E-state index contributed by atoms with van der Waals surface area (Å²) in [5.74, 6) is 1.16. The van der Waals surface area contributed by atoms with Gasteiger partial charge >= 0.3 is 0 Å². The molecule has 4 rings (SSSR count). The highest BCUT2D eigenvalue weighted by atomic mass is 35.5. The monoisotopic (exact) mass is 395 g/mol. The van der Waals surface area contributed by atoms with E-state index in [0.29, 0.717) is 22.0 Å². The van der Waals surface area contributed by atoms with E-state index in [2.05, 4.69) is 20.2 Å². The SMILES string of the molecule is Cc1cccc(Cl)c1-c1cc(NCCN(C)C)nc2c1nc(N)c1cncn12. The number of benzene rings is 1. The molecule has 1 aromatic carbocycles. The van der Waals surface area contributed by atoms with Crippen LogP contribution in [-0.2, 0) is 0 Å². The number of nitrogen functional groups attached to an aromatic ring is 1. The first kappa shape index (κ1) is 18.5. The lowest BCUT2D eigenvalue weighted by Gasteiger charge is -2.16. The van der Waals surface area contributed by atoms with Crippen LogP contribution in [0.2, 0.25) is 5.02 Å². The molecule has 0 aliphatic rings. The van der Waals surface area contributed by atoms with Crippen LogP contribution in [0.5, 0.6) is 0 Å². The molecule has 0 saturated carbocycles. The maximum atomic E-state index is 6.57. The first-order valence-corrected chi connectivity index (χ1v) is 9.40. The number of fused-ring (bicyclic) bond motifs is 3. The van der Waals surface area contributed by atoms with Gasteiger partial charge in [-0.15, -0.1) is 0 Å². The Labute approximate surface area is 168 Å². The molecule has 0 atom stereocenters. The molecule has 144 valence electrons. The average Bonchev–Trinajstić information content (AvgIpc) is 3.13. The van der Waals surface area contributed by atoms with Crippen LogP contribution >= 0.6 is 11.6 Å². The highest BCUT2D eigenvalue weighted by Crippen LogP contribution is 2.37. The van der Waals surface area contributed by atoms with Crippen LogP contribution < -0.4 is 11.1 Å². The summed E-state index contributed by atoms with van der Waals surface area (Å²) in [6, 6.07) is 7.85. The quantitative estimate of drug-likeness (QED) is 0.538. The van der Waals surface area contributed by atoms with Crippen LogP contribution in [0.25, 0.3) is 27.8 Å². The first-order chi connectivity index (χ1) is 13.5. The summed E-state index contributed by atoms with van der Waals surface area (Å²) >= 11 is 6.57. The highest BCUT2D eigenvalue weighted by molar-refractivity contribution is 6.34. The number of aryl methyl sites for hydroxylation is 1. The van der Waals surface area contributed by atoms with E-state index in [-0.39, 0.29) is 0 Å². The van der Waals surface area contributed by atoms with Gasteiger partial charge in [0.1, 0.15) is 29.0 Å². The number of halogens is 1. The number of hydrogen-bond acceptors (Lipinski definition) is 6. The molecule has 7 nitrogen and oxygen atoms in total. The summed E-state index contributed by atoms with van der Waals surface area (Å²) in [6.45, 7) is 3.69. The fourth-order valence-corrected chi connectivity index (χ4v) is 3.62. The minimum Gasteiger partial charge on any atom is -0.382 e. The smallest absolute Gasteiger partial charge is 0.167 e. The number of likely N-dealkylation sites (N-methyl/N-ethyl adjacent to an activating group) is 1. The minimum absolute atomic E-state index is 0.408. The van der Waals surface area contributed by atoms with Gasteiger partial charge in [0.15, 0.2) is 5.65 Å². The van der Waals surface area contributed by atoms with Gasteiger partial charge in [-0.3, -0.25) is 4.40 Å². The second kappa shape index (κ2) is 7.26. The van der Waals surface area contributed by atoms with Gasteiger partial charge in [0.05, 0.1) is 6.20 Å². The van der Waals surface area contributed by atoms with Gasteiger partial charge in [-0.25, -0.2) is 15.0 Å². The van der Waals surface area contributed by atoms with Crippen molar-refractivity contribution in [2.45, 2.75) is 6.92 Å². The zero-order chi connectivity index (χ0) is 19.8. The fraction of sp³-hybridized carbons (Fsp3) is 0.250. The molecule has 28 heavy (non-hydrogen) atoms. The number of anilines is 2. The van der Waals surface area contributed by atoms with Crippen molar-refractivity contribution in [2.24, 2.45) is 0 Å². The largest absolute Gasteiger partial charge is 0.382 e. The van der Waals surface area contributed by atoms with E-state index in [4.69, 9.17) is 22.3 Å². The standard InChI is InChI=1S/C20H22ClN7/c1-12-5-4-6-14(21)17(12)13-9-16(24-7-8-27(2)3)25-20-18(13)26-19(22)15-10-23-11-28(15)20/h4-6,9-11H,7-8H2,1-3H3,(H2,22,26)(H,24,25). The number of imidazole rings is 1. The van der Waals surface area contributed by atoms with Crippen molar-refractivity contribution >= 4 is 39.9 Å². The Kier molecular flexibility index (Phi) is 4.78. The van der Waals surface area contributed by atoms with E-state index in [1.165, 1.54) is 0 Å². The van der Waals surface area contributed by atoms with Crippen molar-refractivity contribution in [1.29, 1.82) is 0 Å². The maximum absolute atomic E-state index is 6.57. The van der Waals surface area contributed by atoms with Gasteiger partial charge in [0, 0.05) is 29.2 Å². The average molecular weight is 396 g/mol. The van der Waals surface area contributed by atoms with Crippen molar-refractivity contribution in [3.8, 4) is 11.1 Å². The molecule has 0 amide bonds. The summed E-state index contributed by atoms with van der Waals surface area (Å²) in [4.78, 5) is 15.8. The van der Waals surface area contributed by atoms with Crippen molar-refractivity contribution in [3.05, 3.63) is 47.4 Å². The Morgan fingerprint density at radius 3 is 2.82 bits per heavy atom. The summed E-state index contributed by atoms with van der Waals surface area (Å²) < 4.78 is 1.87. The number of rotatable bonds is 5. The summed E-state index contributed by atoms with van der Waals surface area (Å²) in [5.41, 5.74) is 11.2. The third-order valence-corrected chi connectivity index (χ3v) is 5.01. The van der Waals surface area contributed by atoms with Gasteiger partial charge in [0.2, 0.25) is 0 Å². The summed E-state index contributed by atoms with van der Waals surface area (Å²) in [5, 5.41) is 4.06. The Balaban J connectivity index is 1.99. The number of nitrogens with two attached hydrogens (primary N) is 1. The Hall–Kier alpha value is -2.90. The van der Waals surface area contributed by atoms with E-state index in [1.54, 1.807) is 12.5 Å². The molecule has 0 unspecified atom stereocenters. The molecule has 0 spiro atoms. The molecule has 3 aromatic heterocycles.